The first-order valence-corrected chi connectivity index (χ1v) is 10.8. The lowest BCUT2D eigenvalue weighted by Gasteiger charge is -2.25. The summed E-state index contributed by atoms with van der Waals surface area (Å²) < 4.78 is 33.5. The number of benzene rings is 2. The summed E-state index contributed by atoms with van der Waals surface area (Å²) in [5.74, 6) is 0. The molecule has 0 spiro atoms. The number of sulfonamides is 1. The second-order valence-electron chi connectivity index (χ2n) is 6.96. The van der Waals surface area contributed by atoms with Gasteiger partial charge in [0.05, 0.1) is 11.0 Å². The minimum atomic E-state index is -3.76. The number of fused-ring (bicyclic) bond motifs is 1. The first-order valence-electron chi connectivity index (χ1n) is 9.32. The van der Waals surface area contributed by atoms with Gasteiger partial charge in [-0.25, -0.2) is 8.42 Å². The van der Waals surface area contributed by atoms with Crippen LogP contribution in [0.3, 0.4) is 0 Å². The molecule has 1 atom stereocenters. The van der Waals surface area contributed by atoms with Crippen LogP contribution < -0.4 is 5.56 Å². The maximum Gasteiger partial charge on any atom is 0.252 e. The van der Waals surface area contributed by atoms with Crippen LogP contribution in [0.15, 0.2) is 70.4 Å². The van der Waals surface area contributed by atoms with Crippen molar-refractivity contribution in [2.24, 2.45) is 0 Å². The van der Waals surface area contributed by atoms with Crippen molar-refractivity contribution in [2.75, 3.05) is 13.2 Å². The van der Waals surface area contributed by atoms with Crippen LogP contribution in [0.2, 0.25) is 0 Å². The molecule has 28 heavy (non-hydrogen) atoms. The Labute approximate surface area is 163 Å². The van der Waals surface area contributed by atoms with Crippen molar-refractivity contribution in [3.63, 3.8) is 0 Å². The number of hydrogen-bond donors (Lipinski definition) is 1. The van der Waals surface area contributed by atoms with E-state index in [1.807, 2.05) is 24.3 Å². The molecule has 2 heterocycles. The number of nitrogens with one attached hydrogen (secondary N) is 1. The van der Waals surface area contributed by atoms with Crippen LogP contribution in [0, 0.1) is 0 Å². The highest BCUT2D eigenvalue weighted by atomic mass is 32.2. The molecule has 0 aliphatic carbocycles. The average molecular weight is 398 g/mol. The Balaban J connectivity index is 1.71. The van der Waals surface area contributed by atoms with Crippen molar-refractivity contribution in [3.05, 3.63) is 76.6 Å². The molecule has 1 aliphatic heterocycles. The quantitative estimate of drug-likeness (QED) is 0.692. The monoisotopic (exact) mass is 398 g/mol. The molecule has 0 unspecified atom stereocenters. The maximum atomic E-state index is 13.3. The molecule has 0 amide bonds. The highest BCUT2D eigenvalue weighted by Crippen LogP contribution is 2.22. The molecule has 3 aromatic rings. The van der Waals surface area contributed by atoms with Crippen molar-refractivity contribution in [3.8, 4) is 0 Å². The van der Waals surface area contributed by atoms with E-state index in [0.29, 0.717) is 12.2 Å². The molecule has 0 radical (unpaired) electrons. The van der Waals surface area contributed by atoms with E-state index in [9.17, 15) is 13.2 Å². The molecule has 4 rings (SSSR count). The summed E-state index contributed by atoms with van der Waals surface area (Å²) in [5.41, 5.74) is 0.864. The van der Waals surface area contributed by atoms with Gasteiger partial charge < -0.3 is 9.72 Å². The van der Waals surface area contributed by atoms with Crippen molar-refractivity contribution in [1.29, 1.82) is 0 Å². The normalized spacial score (nSPS) is 17.4. The topological polar surface area (TPSA) is 79.5 Å². The van der Waals surface area contributed by atoms with Gasteiger partial charge in [-0.3, -0.25) is 4.79 Å². The summed E-state index contributed by atoms with van der Waals surface area (Å²) >= 11 is 0. The number of para-hydroxylation sites is 1. The molecular formula is C21H22N2O4S. The number of rotatable bonds is 6. The van der Waals surface area contributed by atoms with E-state index >= 15 is 0 Å². The lowest BCUT2D eigenvalue weighted by Crippen LogP contribution is -2.38. The van der Waals surface area contributed by atoms with E-state index in [0.717, 1.165) is 23.7 Å². The first kappa shape index (κ1) is 18.9. The average Bonchev–Trinajstić information content (AvgIpc) is 3.22. The summed E-state index contributed by atoms with van der Waals surface area (Å²) in [4.78, 5) is 15.6. The third-order valence-corrected chi connectivity index (χ3v) is 6.82. The summed E-state index contributed by atoms with van der Waals surface area (Å²) in [6.45, 7) is 0.862. The van der Waals surface area contributed by atoms with Crippen LogP contribution in [0.25, 0.3) is 10.9 Å². The van der Waals surface area contributed by atoms with Crippen LogP contribution in [-0.2, 0) is 21.3 Å². The van der Waals surface area contributed by atoms with Crippen LogP contribution >= 0.6 is 0 Å². The number of pyridine rings is 1. The van der Waals surface area contributed by atoms with Crippen LogP contribution in [-0.4, -0.2) is 37.0 Å². The largest absolute Gasteiger partial charge is 0.377 e. The number of aromatic amines is 1. The fraction of sp³-hybridized carbons (Fsp3) is 0.286. The lowest BCUT2D eigenvalue weighted by molar-refractivity contribution is 0.0925. The number of nitrogens with zero attached hydrogens (tertiary/aromatic N) is 1. The van der Waals surface area contributed by atoms with Gasteiger partial charge in [0.1, 0.15) is 0 Å². The molecule has 146 valence electrons. The maximum absolute atomic E-state index is 13.3. The van der Waals surface area contributed by atoms with E-state index in [2.05, 4.69) is 4.98 Å². The molecule has 1 fully saturated rings. The second-order valence-corrected chi connectivity index (χ2v) is 8.89. The first-order chi connectivity index (χ1) is 13.5. The highest BCUT2D eigenvalue weighted by Gasteiger charge is 2.29. The zero-order valence-corrected chi connectivity index (χ0v) is 16.2. The predicted octanol–water partition coefficient (Wildman–Crippen LogP) is 2.90. The Morgan fingerprint density at radius 1 is 1.07 bits per heavy atom. The molecule has 0 saturated carbocycles. The molecule has 1 aliphatic rings. The molecule has 7 heteroatoms. The Kier molecular flexibility index (Phi) is 5.30. The Morgan fingerprint density at radius 2 is 1.82 bits per heavy atom. The molecule has 0 bridgehead atoms. The minimum absolute atomic E-state index is 0.00272. The van der Waals surface area contributed by atoms with Gasteiger partial charge in [0, 0.05) is 30.8 Å². The third kappa shape index (κ3) is 3.87. The summed E-state index contributed by atoms with van der Waals surface area (Å²) in [6, 6.07) is 17.5. The van der Waals surface area contributed by atoms with Gasteiger partial charge in [0.15, 0.2) is 0 Å². The van der Waals surface area contributed by atoms with Gasteiger partial charge in [0.2, 0.25) is 10.0 Å². The zero-order chi connectivity index (χ0) is 19.6. The number of ether oxygens (including phenoxy) is 1. The van der Waals surface area contributed by atoms with Crippen molar-refractivity contribution < 1.29 is 13.2 Å². The number of H-pyrrole nitrogens is 1. The molecule has 1 aromatic heterocycles. The Bertz CT molecular complexity index is 1120. The van der Waals surface area contributed by atoms with Gasteiger partial charge >= 0.3 is 0 Å². The minimum Gasteiger partial charge on any atom is -0.377 e. The summed E-state index contributed by atoms with van der Waals surface area (Å²) in [6.07, 6.45) is 1.58. The highest BCUT2D eigenvalue weighted by molar-refractivity contribution is 7.89. The lowest BCUT2D eigenvalue weighted by atomic mass is 10.1. The third-order valence-electron chi connectivity index (χ3n) is 4.99. The zero-order valence-electron chi connectivity index (χ0n) is 15.4. The summed E-state index contributed by atoms with van der Waals surface area (Å²) in [5, 5.41) is 0.867. The van der Waals surface area contributed by atoms with E-state index in [1.165, 1.54) is 4.31 Å². The van der Waals surface area contributed by atoms with Crippen LogP contribution in [0.5, 0.6) is 0 Å². The molecule has 2 aromatic carbocycles. The van der Waals surface area contributed by atoms with E-state index in [-0.39, 0.29) is 29.6 Å². The van der Waals surface area contributed by atoms with Gasteiger partial charge in [-0.2, -0.15) is 4.31 Å². The smallest absolute Gasteiger partial charge is 0.252 e. The Morgan fingerprint density at radius 3 is 2.57 bits per heavy atom. The SMILES string of the molecule is O=c1[nH]c2ccccc2cc1CN(C[C@@H]1CCCO1)S(=O)(=O)c1ccccc1. The van der Waals surface area contributed by atoms with Crippen molar-refractivity contribution >= 4 is 20.9 Å². The van der Waals surface area contributed by atoms with Gasteiger partial charge in [-0.05, 0) is 42.5 Å². The Hall–Kier alpha value is -2.48. The fourth-order valence-electron chi connectivity index (χ4n) is 3.50. The fourth-order valence-corrected chi connectivity index (χ4v) is 4.98. The van der Waals surface area contributed by atoms with E-state index < -0.39 is 10.0 Å². The van der Waals surface area contributed by atoms with Crippen LogP contribution in [0.4, 0.5) is 0 Å². The van der Waals surface area contributed by atoms with Crippen molar-refractivity contribution in [1.82, 2.24) is 9.29 Å². The number of hydrogen-bond acceptors (Lipinski definition) is 4. The van der Waals surface area contributed by atoms with E-state index in [4.69, 9.17) is 4.74 Å². The molecule has 6 nitrogen and oxygen atoms in total. The standard InChI is InChI=1S/C21H22N2O4S/c24-21-17(13-16-7-4-5-11-20(16)22-21)14-23(15-18-8-6-12-27-18)28(25,26)19-9-2-1-3-10-19/h1-5,7,9-11,13,18H,6,8,12,14-15H2,(H,22,24)/t18-/m0/s1. The molecule has 1 saturated heterocycles. The predicted molar refractivity (Wildman–Crippen MR) is 108 cm³/mol. The molecular weight excluding hydrogens is 376 g/mol. The van der Waals surface area contributed by atoms with Crippen LogP contribution in [0.1, 0.15) is 18.4 Å². The van der Waals surface area contributed by atoms with Gasteiger partial charge in [0.25, 0.3) is 5.56 Å². The van der Waals surface area contributed by atoms with Gasteiger partial charge in [-0.1, -0.05) is 36.4 Å². The summed E-state index contributed by atoms with van der Waals surface area (Å²) in [7, 11) is -3.76. The van der Waals surface area contributed by atoms with E-state index in [1.54, 1.807) is 36.4 Å². The molecule has 1 N–H and O–H groups in total. The second kappa shape index (κ2) is 7.87. The number of aromatic nitrogens is 1. The van der Waals surface area contributed by atoms with Crippen molar-refractivity contribution in [2.45, 2.75) is 30.4 Å². The van der Waals surface area contributed by atoms with Gasteiger partial charge in [-0.15, -0.1) is 0 Å².